The molecule has 3 rings (SSSR count). The van der Waals surface area contributed by atoms with Crippen LogP contribution in [-0.4, -0.2) is 38.4 Å². The van der Waals surface area contributed by atoms with Crippen molar-refractivity contribution >= 4 is 17.5 Å². The second-order valence-electron chi connectivity index (χ2n) is 5.81. The van der Waals surface area contributed by atoms with Crippen LogP contribution in [0.4, 0.5) is 0 Å². The highest BCUT2D eigenvalue weighted by Gasteiger charge is 2.30. The van der Waals surface area contributed by atoms with Crippen molar-refractivity contribution in [3.63, 3.8) is 0 Å². The molecule has 0 atom stereocenters. The van der Waals surface area contributed by atoms with Gasteiger partial charge in [-0.2, -0.15) is 0 Å². The maximum Gasteiger partial charge on any atom is 0.305 e. The molecule has 6 heteroatoms. The maximum absolute atomic E-state index is 12.8. The molecule has 0 aromatic heterocycles. The zero-order chi connectivity index (χ0) is 18.7. The Morgan fingerprint density at radius 2 is 1.42 bits per heavy atom. The zero-order valence-corrected chi connectivity index (χ0v) is 14.5. The van der Waals surface area contributed by atoms with Crippen molar-refractivity contribution in [1.82, 2.24) is 0 Å². The third kappa shape index (κ3) is 3.31. The fourth-order valence-corrected chi connectivity index (χ4v) is 2.83. The second-order valence-corrected chi connectivity index (χ2v) is 5.81. The molecule has 1 aliphatic carbocycles. The van der Waals surface area contributed by atoms with Crippen LogP contribution in [0.5, 0.6) is 11.5 Å². The highest BCUT2D eigenvalue weighted by molar-refractivity contribution is 6.28. The summed E-state index contributed by atoms with van der Waals surface area (Å²) in [5.74, 6) is 0.264. The van der Waals surface area contributed by atoms with Gasteiger partial charge in [0.25, 0.3) is 0 Å². The lowest BCUT2D eigenvalue weighted by Crippen LogP contribution is -2.21. The molecular weight excluding hydrogens is 336 g/mol. The van der Waals surface area contributed by atoms with Gasteiger partial charge >= 0.3 is 5.97 Å². The van der Waals surface area contributed by atoms with Gasteiger partial charge in [-0.3, -0.25) is 14.4 Å². The third-order valence-corrected chi connectivity index (χ3v) is 4.22. The number of ether oxygens (including phenoxy) is 3. The number of hydrogen-bond acceptors (Lipinski definition) is 6. The minimum Gasteiger partial charge on any atom is -0.497 e. The minimum atomic E-state index is -0.299. The number of carbonyl (C=O) groups excluding carboxylic acids is 3. The van der Waals surface area contributed by atoms with Crippen LogP contribution in [0.1, 0.15) is 44.7 Å². The van der Waals surface area contributed by atoms with E-state index in [1.807, 2.05) is 0 Å². The number of fused-ring (bicyclic) bond motifs is 2. The van der Waals surface area contributed by atoms with E-state index in [0.29, 0.717) is 46.8 Å². The Hall–Kier alpha value is -3.15. The van der Waals surface area contributed by atoms with Gasteiger partial charge in [-0.05, 0) is 42.8 Å². The number of benzene rings is 2. The second kappa shape index (κ2) is 7.39. The number of rotatable bonds is 6. The summed E-state index contributed by atoms with van der Waals surface area (Å²) in [6.45, 7) is 0.309. The summed E-state index contributed by atoms with van der Waals surface area (Å²) in [5.41, 5.74) is 1.36. The Labute approximate surface area is 150 Å². The molecule has 0 heterocycles. The van der Waals surface area contributed by atoms with Gasteiger partial charge in [0.1, 0.15) is 11.5 Å². The molecule has 0 unspecified atom stereocenters. The van der Waals surface area contributed by atoms with Gasteiger partial charge in [0.2, 0.25) is 0 Å². The molecule has 134 valence electrons. The Bertz CT molecular complexity index is 884. The summed E-state index contributed by atoms with van der Waals surface area (Å²) in [5, 5.41) is 0. The van der Waals surface area contributed by atoms with Crippen molar-refractivity contribution < 1.29 is 28.6 Å². The fraction of sp³-hybridized carbons (Fsp3) is 0.250. The average Bonchev–Trinajstić information content (AvgIpc) is 2.68. The van der Waals surface area contributed by atoms with Crippen molar-refractivity contribution in [2.45, 2.75) is 12.8 Å². The predicted octanol–water partition coefficient (Wildman–Crippen LogP) is 2.80. The smallest absolute Gasteiger partial charge is 0.305 e. The van der Waals surface area contributed by atoms with E-state index in [1.54, 1.807) is 36.4 Å². The summed E-state index contributed by atoms with van der Waals surface area (Å²) < 4.78 is 15.3. The molecule has 0 radical (unpaired) electrons. The first kappa shape index (κ1) is 17.7. The van der Waals surface area contributed by atoms with Gasteiger partial charge in [-0.1, -0.05) is 0 Å². The Balaban J connectivity index is 1.80. The van der Waals surface area contributed by atoms with Crippen molar-refractivity contribution in [3.8, 4) is 11.5 Å². The molecule has 2 aromatic rings. The molecule has 0 bridgehead atoms. The van der Waals surface area contributed by atoms with Gasteiger partial charge in [-0.15, -0.1) is 0 Å². The quantitative estimate of drug-likeness (QED) is 0.500. The van der Waals surface area contributed by atoms with E-state index in [0.717, 1.165) is 0 Å². The molecule has 0 amide bonds. The molecule has 1 aliphatic rings. The van der Waals surface area contributed by atoms with Crippen LogP contribution in [0.25, 0.3) is 0 Å². The van der Waals surface area contributed by atoms with E-state index in [2.05, 4.69) is 4.74 Å². The topological polar surface area (TPSA) is 78.9 Å². The van der Waals surface area contributed by atoms with E-state index < -0.39 is 0 Å². The standard InChI is InChI=1S/C20H18O6/c1-24-12-5-7-14-16(10-12)19(22)15-8-6-13(11-17(15)20(14)23)26-9-3-4-18(21)25-2/h5-8,10-11H,3-4,9H2,1-2H3. The Kier molecular flexibility index (Phi) is 5.02. The van der Waals surface area contributed by atoms with Crippen molar-refractivity contribution in [2.24, 2.45) is 0 Å². The van der Waals surface area contributed by atoms with Crippen LogP contribution in [0.3, 0.4) is 0 Å². The molecular formula is C20H18O6. The van der Waals surface area contributed by atoms with Crippen LogP contribution in [0.2, 0.25) is 0 Å². The highest BCUT2D eigenvalue weighted by atomic mass is 16.5. The average molecular weight is 354 g/mol. The van der Waals surface area contributed by atoms with Gasteiger partial charge in [-0.25, -0.2) is 0 Å². The summed E-state index contributed by atoms with van der Waals surface area (Å²) in [6, 6.07) is 9.64. The highest BCUT2D eigenvalue weighted by Crippen LogP contribution is 2.31. The van der Waals surface area contributed by atoms with E-state index >= 15 is 0 Å². The van der Waals surface area contributed by atoms with Crippen molar-refractivity contribution in [3.05, 3.63) is 58.7 Å². The maximum atomic E-state index is 12.8. The van der Waals surface area contributed by atoms with E-state index in [-0.39, 0.29) is 24.0 Å². The van der Waals surface area contributed by atoms with Crippen LogP contribution in [0.15, 0.2) is 36.4 Å². The third-order valence-electron chi connectivity index (χ3n) is 4.22. The lowest BCUT2D eigenvalue weighted by Gasteiger charge is -2.19. The van der Waals surface area contributed by atoms with Gasteiger partial charge < -0.3 is 14.2 Å². The molecule has 0 spiro atoms. The molecule has 0 N–H and O–H groups in total. The summed E-state index contributed by atoms with van der Waals surface area (Å²) in [4.78, 5) is 36.5. The van der Waals surface area contributed by atoms with Crippen LogP contribution >= 0.6 is 0 Å². The molecule has 0 saturated heterocycles. The summed E-state index contributed by atoms with van der Waals surface area (Å²) in [7, 11) is 2.84. The van der Waals surface area contributed by atoms with Crippen LogP contribution in [-0.2, 0) is 9.53 Å². The Morgan fingerprint density at radius 3 is 2.00 bits per heavy atom. The molecule has 6 nitrogen and oxygen atoms in total. The molecule has 0 aliphatic heterocycles. The number of ketones is 2. The van der Waals surface area contributed by atoms with Crippen molar-refractivity contribution in [1.29, 1.82) is 0 Å². The zero-order valence-electron chi connectivity index (χ0n) is 14.5. The summed E-state index contributed by atoms with van der Waals surface area (Å²) in [6.07, 6.45) is 0.757. The fourth-order valence-electron chi connectivity index (χ4n) is 2.83. The van der Waals surface area contributed by atoms with E-state index in [9.17, 15) is 14.4 Å². The van der Waals surface area contributed by atoms with Gasteiger partial charge in [0.05, 0.1) is 20.8 Å². The van der Waals surface area contributed by atoms with Crippen molar-refractivity contribution in [2.75, 3.05) is 20.8 Å². The Morgan fingerprint density at radius 1 is 0.846 bits per heavy atom. The minimum absolute atomic E-state index is 0.217. The first-order valence-electron chi connectivity index (χ1n) is 8.16. The molecule has 0 saturated carbocycles. The normalized spacial score (nSPS) is 12.2. The molecule has 0 fully saturated rings. The lowest BCUT2D eigenvalue weighted by atomic mass is 9.84. The first-order valence-corrected chi connectivity index (χ1v) is 8.16. The lowest BCUT2D eigenvalue weighted by molar-refractivity contribution is -0.140. The predicted molar refractivity (Wildman–Crippen MR) is 93.0 cm³/mol. The van der Waals surface area contributed by atoms with E-state index in [4.69, 9.17) is 9.47 Å². The van der Waals surface area contributed by atoms with Crippen LogP contribution < -0.4 is 9.47 Å². The number of esters is 1. The largest absolute Gasteiger partial charge is 0.497 e. The summed E-state index contributed by atoms with van der Waals surface area (Å²) >= 11 is 0. The van der Waals surface area contributed by atoms with E-state index in [1.165, 1.54) is 14.2 Å². The van der Waals surface area contributed by atoms with Crippen LogP contribution in [0, 0.1) is 0 Å². The SMILES string of the molecule is COC(=O)CCCOc1ccc2c(c1)C(=O)c1ccc(OC)cc1C2=O. The van der Waals surface area contributed by atoms with Gasteiger partial charge in [0.15, 0.2) is 11.6 Å². The molecule has 2 aromatic carbocycles. The number of hydrogen-bond donors (Lipinski definition) is 0. The molecule has 26 heavy (non-hydrogen) atoms. The monoisotopic (exact) mass is 354 g/mol. The number of carbonyl (C=O) groups is 3. The number of methoxy groups -OCH3 is 2. The van der Waals surface area contributed by atoms with Gasteiger partial charge in [0, 0.05) is 28.7 Å². The first-order chi connectivity index (χ1) is 12.5.